The molecule has 33 heavy (non-hydrogen) atoms. The van der Waals surface area contributed by atoms with Crippen LogP contribution in [0.1, 0.15) is 16.7 Å². The predicted octanol–water partition coefficient (Wildman–Crippen LogP) is 4.35. The summed E-state index contributed by atoms with van der Waals surface area (Å²) in [5.74, 6) is -0.629. The zero-order chi connectivity index (χ0) is 23.6. The summed E-state index contributed by atoms with van der Waals surface area (Å²) < 4.78 is 11.2. The molecule has 2 N–H and O–H groups in total. The molecule has 0 radical (unpaired) electrons. The highest BCUT2D eigenvalue weighted by atomic mass is 35.5. The number of methoxy groups -OCH3 is 1. The SMILES string of the molecule is COc1cc(/C=N\NC(=O)C(=O)NCc2ccc(Cl)cc2)ccc1OCc1ccc(Cl)cc1. The second-order valence-electron chi connectivity index (χ2n) is 6.83. The Bertz CT molecular complexity index is 1130. The first-order valence-corrected chi connectivity index (χ1v) is 10.6. The van der Waals surface area contributed by atoms with Gasteiger partial charge in [-0.3, -0.25) is 9.59 Å². The second kappa shape index (κ2) is 11.9. The van der Waals surface area contributed by atoms with E-state index in [1.807, 2.05) is 12.1 Å². The standard InChI is InChI=1S/C24H21Cl2N3O4/c1-32-22-12-18(6-11-21(22)33-15-17-4-9-20(26)10-5-17)14-28-29-24(31)23(30)27-13-16-2-7-19(25)8-3-16/h2-12,14H,13,15H2,1H3,(H,27,30)(H,29,31)/b28-14-. The van der Waals surface area contributed by atoms with Crippen LogP contribution in [0.25, 0.3) is 0 Å². The minimum Gasteiger partial charge on any atom is -0.493 e. The van der Waals surface area contributed by atoms with Gasteiger partial charge in [-0.2, -0.15) is 5.10 Å². The average molecular weight is 486 g/mol. The van der Waals surface area contributed by atoms with E-state index < -0.39 is 11.8 Å². The lowest BCUT2D eigenvalue weighted by Gasteiger charge is -2.11. The van der Waals surface area contributed by atoms with Gasteiger partial charge in [0.2, 0.25) is 0 Å². The van der Waals surface area contributed by atoms with Gasteiger partial charge in [0.05, 0.1) is 13.3 Å². The van der Waals surface area contributed by atoms with Crippen molar-refractivity contribution in [2.24, 2.45) is 5.10 Å². The van der Waals surface area contributed by atoms with E-state index >= 15 is 0 Å². The fourth-order valence-electron chi connectivity index (χ4n) is 2.71. The number of hydrogen-bond donors (Lipinski definition) is 2. The summed E-state index contributed by atoms with van der Waals surface area (Å²) in [5, 5.41) is 7.59. The van der Waals surface area contributed by atoms with E-state index in [4.69, 9.17) is 32.7 Å². The number of rotatable bonds is 8. The van der Waals surface area contributed by atoms with Crippen molar-refractivity contribution >= 4 is 41.2 Å². The quantitative estimate of drug-likeness (QED) is 0.282. The lowest BCUT2D eigenvalue weighted by molar-refractivity contribution is -0.139. The monoisotopic (exact) mass is 485 g/mol. The summed E-state index contributed by atoms with van der Waals surface area (Å²) in [6.45, 7) is 0.546. The van der Waals surface area contributed by atoms with Crippen molar-refractivity contribution in [3.05, 3.63) is 93.5 Å². The Morgan fingerprint density at radius 1 is 0.879 bits per heavy atom. The highest BCUT2D eigenvalue weighted by Gasteiger charge is 2.12. The number of halogens is 2. The summed E-state index contributed by atoms with van der Waals surface area (Å²) >= 11 is 11.7. The number of amides is 2. The van der Waals surface area contributed by atoms with Gasteiger partial charge in [0, 0.05) is 16.6 Å². The minimum atomic E-state index is -0.880. The van der Waals surface area contributed by atoms with Crippen molar-refractivity contribution in [3.8, 4) is 11.5 Å². The Morgan fingerprint density at radius 2 is 1.52 bits per heavy atom. The number of carbonyl (C=O) groups excluding carboxylic acids is 2. The average Bonchev–Trinajstić information content (AvgIpc) is 2.83. The molecular formula is C24H21Cl2N3O4. The maximum absolute atomic E-state index is 11.9. The van der Waals surface area contributed by atoms with Crippen LogP contribution in [0.5, 0.6) is 11.5 Å². The van der Waals surface area contributed by atoms with E-state index in [9.17, 15) is 9.59 Å². The van der Waals surface area contributed by atoms with Crippen LogP contribution in [0.4, 0.5) is 0 Å². The van der Waals surface area contributed by atoms with Crippen LogP contribution < -0.4 is 20.2 Å². The number of nitrogens with zero attached hydrogens (tertiary/aromatic N) is 1. The molecule has 0 heterocycles. The number of hydrazone groups is 1. The Morgan fingerprint density at radius 3 is 2.15 bits per heavy atom. The van der Waals surface area contributed by atoms with Crippen molar-refractivity contribution in [2.45, 2.75) is 13.2 Å². The number of hydrogen-bond acceptors (Lipinski definition) is 5. The van der Waals surface area contributed by atoms with E-state index in [1.54, 1.807) is 54.6 Å². The zero-order valence-corrected chi connectivity index (χ0v) is 19.2. The summed E-state index contributed by atoms with van der Waals surface area (Å²) in [6, 6.07) is 19.5. The first kappa shape index (κ1) is 24.1. The fraction of sp³-hybridized carbons (Fsp3) is 0.125. The van der Waals surface area contributed by atoms with Crippen LogP contribution in [0.2, 0.25) is 10.0 Å². The van der Waals surface area contributed by atoms with Gasteiger partial charge in [-0.25, -0.2) is 5.43 Å². The van der Waals surface area contributed by atoms with Gasteiger partial charge < -0.3 is 14.8 Å². The topological polar surface area (TPSA) is 89.0 Å². The third-order valence-electron chi connectivity index (χ3n) is 4.45. The van der Waals surface area contributed by atoms with Gasteiger partial charge in [0.15, 0.2) is 11.5 Å². The van der Waals surface area contributed by atoms with E-state index in [2.05, 4.69) is 15.8 Å². The molecule has 9 heteroatoms. The minimum absolute atomic E-state index is 0.196. The summed E-state index contributed by atoms with van der Waals surface area (Å²) in [7, 11) is 1.53. The third-order valence-corrected chi connectivity index (χ3v) is 4.95. The Hall–Kier alpha value is -3.55. The van der Waals surface area contributed by atoms with Gasteiger partial charge >= 0.3 is 11.8 Å². The molecule has 0 aliphatic rings. The van der Waals surface area contributed by atoms with Gasteiger partial charge in [0.1, 0.15) is 6.61 Å². The summed E-state index contributed by atoms with van der Waals surface area (Å²) in [6.07, 6.45) is 1.40. The molecule has 0 fully saturated rings. The van der Waals surface area contributed by atoms with Crippen molar-refractivity contribution in [2.75, 3.05) is 7.11 Å². The van der Waals surface area contributed by atoms with Crippen molar-refractivity contribution in [3.63, 3.8) is 0 Å². The molecule has 0 bridgehead atoms. The van der Waals surface area contributed by atoms with Gasteiger partial charge in [-0.15, -0.1) is 0 Å². The van der Waals surface area contributed by atoms with Gasteiger partial charge in [-0.05, 0) is 59.2 Å². The maximum Gasteiger partial charge on any atom is 0.329 e. The lowest BCUT2D eigenvalue weighted by atomic mass is 10.2. The normalized spacial score (nSPS) is 10.6. The van der Waals surface area contributed by atoms with E-state index in [1.165, 1.54) is 13.3 Å². The number of ether oxygens (including phenoxy) is 2. The van der Waals surface area contributed by atoms with Crippen molar-refractivity contribution in [1.29, 1.82) is 0 Å². The third kappa shape index (κ3) is 7.52. The molecule has 0 aliphatic carbocycles. The summed E-state index contributed by atoms with van der Waals surface area (Å²) in [5.41, 5.74) is 4.62. The zero-order valence-electron chi connectivity index (χ0n) is 17.7. The lowest BCUT2D eigenvalue weighted by Crippen LogP contribution is -2.37. The van der Waals surface area contributed by atoms with Crippen LogP contribution in [0.3, 0.4) is 0 Å². The Labute approximate surface area is 201 Å². The predicted molar refractivity (Wildman–Crippen MR) is 128 cm³/mol. The Balaban J connectivity index is 1.51. The van der Waals surface area contributed by atoms with Crippen molar-refractivity contribution < 1.29 is 19.1 Å². The van der Waals surface area contributed by atoms with E-state index in [0.717, 1.165) is 11.1 Å². The molecule has 0 aromatic heterocycles. The molecule has 0 aliphatic heterocycles. The number of nitrogens with one attached hydrogen (secondary N) is 2. The van der Waals surface area contributed by atoms with Crippen LogP contribution in [0, 0.1) is 0 Å². The van der Waals surface area contributed by atoms with Crippen LogP contribution in [0.15, 0.2) is 71.8 Å². The molecule has 170 valence electrons. The van der Waals surface area contributed by atoms with Crippen LogP contribution in [-0.2, 0) is 22.7 Å². The van der Waals surface area contributed by atoms with E-state index in [-0.39, 0.29) is 6.54 Å². The van der Waals surface area contributed by atoms with E-state index in [0.29, 0.717) is 33.7 Å². The molecule has 0 saturated carbocycles. The molecule has 0 spiro atoms. The van der Waals surface area contributed by atoms with Crippen molar-refractivity contribution in [1.82, 2.24) is 10.7 Å². The van der Waals surface area contributed by atoms with Crippen LogP contribution >= 0.6 is 23.2 Å². The van der Waals surface area contributed by atoms with Crippen LogP contribution in [-0.4, -0.2) is 25.1 Å². The Kier molecular flexibility index (Phi) is 8.69. The largest absolute Gasteiger partial charge is 0.493 e. The molecule has 0 unspecified atom stereocenters. The smallest absolute Gasteiger partial charge is 0.329 e. The molecule has 0 saturated heterocycles. The molecule has 3 rings (SSSR count). The molecule has 3 aromatic rings. The molecule has 7 nitrogen and oxygen atoms in total. The second-order valence-corrected chi connectivity index (χ2v) is 7.71. The molecule has 3 aromatic carbocycles. The molecular weight excluding hydrogens is 465 g/mol. The number of carbonyl (C=O) groups is 2. The highest BCUT2D eigenvalue weighted by molar-refractivity contribution is 6.35. The molecule has 0 atom stereocenters. The fourth-order valence-corrected chi connectivity index (χ4v) is 2.96. The van der Waals surface area contributed by atoms with Gasteiger partial charge in [-0.1, -0.05) is 47.5 Å². The first-order chi connectivity index (χ1) is 15.9. The van der Waals surface area contributed by atoms with Gasteiger partial charge in [0.25, 0.3) is 0 Å². The highest BCUT2D eigenvalue weighted by Crippen LogP contribution is 2.28. The summed E-state index contributed by atoms with van der Waals surface area (Å²) in [4.78, 5) is 23.8. The first-order valence-electron chi connectivity index (χ1n) is 9.85. The molecule has 2 amide bonds. The number of benzene rings is 3. The maximum atomic E-state index is 11.9.